The van der Waals surface area contributed by atoms with Crippen molar-refractivity contribution < 1.29 is 19.4 Å². The van der Waals surface area contributed by atoms with E-state index in [1.807, 2.05) is 0 Å². The Morgan fingerprint density at radius 2 is 1.89 bits per heavy atom. The number of methoxy groups -OCH3 is 1. The van der Waals surface area contributed by atoms with Gasteiger partial charge in [0.25, 0.3) is 0 Å². The van der Waals surface area contributed by atoms with Crippen LogP contribution in [0.2, 0.25) is 0 Å². The third-order valence-corrected chi connectivity index (χ3v) is 3.77. The maximum absolute atomic E-state index is 12.5. The fraction of sp³-hybridized carbons (Fsp3) is 0.467. The average molecular weight is 262 g/mol. The highest BCUT2D eigenvalue weighted by Gasteiger charge is 2.35. The zero-order valence-corrected chi connectivity index (χ0v) is 11.0. The second kappa shape index (κ2) is 5.87. The molecule has 1 aliphatic carbocycles. The van der Waals surface area contributed by atoms with Crippen molar-refractivity contribution in [2.45, 2.75) is 25.7 Å². The SMILES string of the molecule is COc1cccc(C(=O)C2CCCCC2C(=O)O)c1. The van der Waals surface area contributed by atoms with E-state index in [4.69, 9.17) is 4.74 Å². The van der Waals surface area contributed by atoms with E-state index in [2.05, 4.69) is 0 Å². The number of carboxylic acid groups (broad SMARTS) is 1. The number of hydrogen-bond donors (Lipinski definition) is 1. The molecule has 0 radical (unpaired) electrons. The van der Waals surface area contributed by atoms with Crippen molar-refractivity contribution in [1.82, 2.24) is 0 Å². The summed E-state index contributed by atoms with van der Waals surface area (Å²) in [5.74, 6) is -1.27. The summed E-state index contributed by atoms with van der Waals surface area (Å²) in [5.41, 5.74) is 0.539. The van der Waals surface area contributed by atoms with Gasteiger partial charge in [0, 0.05) is 11.5 Å². The van der Waals surface area contributed by atoms with Gasteiger partial charge in [0.2, 0.25) is 0 Å². The second-order valence-corrected chi connectivity index (χ2v) is 4.93. The fourth-order valence-electron chi connectivity index (χ4n) is 2.73. The van der Waals surface area contributed by atoms with Gasteiger partial charge < -0.3 is 9.84 Å². The molecular weight excluding hydrogens is 244 g/mol. The van der Waals surface area contributed by atoms with Crippen LogP contribution in [-0.2, 0) is 4.79 Å². The van der Waals surface area contributed by atoms with Crippen molar-refractivity contribution >= 4 is 11.8 Å². The van der Waals surface area contributed by atoms with E-state index in [1.54, 1.807) is 31.4 Å². The van der Waals surface area contributed by atoms with Gasteiger partial charge in [-0.2, -0.15) is 0 Å². The van der Waals surface area contributed by atoms with Crippen molar-refractivity contribution in [2.75, 3.05) is 7.11 Å². The Kier molecular flexibility index (Phi) is 4.20. The van der Waals surface area contributed by atoms with E-state index in [-0.39, 0.29) is 5.78 Å². The Hall–Kier alpha value is -1.84. The molecule has 0 saturated heterocycles. The summed E-state index contributed by atoms with van der Waals surface area (Å²) in [6.07, 6.45) is 3.06. The molecule has 2 atom stereocenters. The predicted octanol–water partition coefficient (Wildman–Crippen LogP) is 2.77. The summed E-state index contributed by atoms with van der Waals surface area (Å²) in [4.78, 5) is 23.7. The normalized spacial score (nSPS) is 22.8. The second-order valence-electron chi connectivity index (χ2n) is 4.93. The first-order chi connectivity index (χ1) is 9.13. The Balaban J connectivity index is 2.23. The molecule has 4 heteroatoms. The lowest BCUT2D eigenvalue weighted by Gasteiger charge is -2.27. The molecule has 0 spiro atoms. The van der Waals surface area contributed by atoms with Gasteiger partial charge in [-0.25, -0.2) is 0 Å². The molecule has 1 saturated carbocycles. The van der Waals surface area contributed by atoms with Crippen molar-refractivity contribution in [1.29, 1.82) is 0 Å². The van der Waals surface area contributed by atoms with E-state index in [0.29, 0.717) is 24.2 Å². The van der Waals surface area contributed by atoms with Gasteiger partial charge in [-0.3, -0.25) is 9.59 Å². The molecule has 0 amide bonds. The van der Waals surface area contributed by atoms with E-state index in [1.165, 1.54) is 0 Å². The zero-order chi connectivity index (χ0) is 13.8. The van der Waals surface area contributed by atoms with E-state index < -0.39 is 17.8 Å². The quantitative estimate of drug-likeness (QED) is 0.847. The van der Waals surface area contributed by atoms with E-state index in [9.17, 15) is 14.7 Å². The molecule has 0 aromatic heterocycles. The molecule has 1 aromatic rings. The van der Waals surface area contributed by atoms with Gasteiger partial charge in [-0.1, -0.05) is 25.0 Å². The topological polar surface area (TPSA) is 63.6 Å². The zero-order valence-electron chi connectivity index (χ0n) is 11.0. The summed E-state index contributed by atoms with van der Waals surface area (Å²) in [7, 11) is 1.55. The third kappa shape index (κ3) is 2.95. The molecule has 2 unspecified atom stereocenters. The van der Waals surface area contributed by atoms with Gasteiger partial charge in [0.15, 0.2) is 5.78 Å². The number of carbonyl (C=O) groups excluding carboxylic acids is 1. The first kappa shape index (κ1) is 13.6. The maximum Gasteiger partial charge on any atom is 0.307 e. The van der Waals surface area contributed by atoms with Crippen LogP contribution in [0.5, 0.6) is 5.75 Å². The number of hydrogen-bond acceptors (Lipinski definition) is 3. The first-order valence-corrected chi connectivity index (χ1v) is 6.54. The highest BCUT2D eigenvalue weighted by Crippen LogP contribution is 2.33. The molecule has 0 aliphatic heterocycles. The number of Topliss-reactive ketones (excluding diaryl/α,β-unsaturated/α-hetero) is 1. The minimum atomic E-state index is -0.860. The molecule has 19 heavy (non-hydrogen) atoms. The lowest BCUT2D eigenvalue weighted by molar-refractivity contribution is -0.144. The summed E-state index contributed by atoms with van der Waals surface area (Å²) in [6.45, 7) is 0. The molecular formula is C15H18O4. The number of rotatable bonds is 4. The maximum atomic E-state index is 12.5. The minimum absolute atomic E-state index is 0.0778. The lowest BCUT2D eigenvalue weighted by atomic mass is 9.75. The van der Waals surface area contributed by atoms with Gasteiger partial charge in [-0.05, 0) is 25.0 Å². The Labute approximate surface area is 112 Å². The van der Waals surface area contributed by atoms with E-state index >= 15 is 0 Å². The average Bonchev–Trinajstić information content (AvgIpc) is 2.46. The van der Waals surface area contributed by atoms with Crippen LogP contribution >= 0.6 is 0 Å². The van der Waals surface area contributed by atoms with Crippen molar-refractivity contribution in [3.05, 3.63) is 29.8 Å². The number of carbonyl (C=O) groups is 2. The standard InChI is InChI=1S/C15H18O4/c1-19-11-6-4-5-10(9-11)14(16)12-7-2-3-8-13(12)15(17)18/h4-6,9,12-13H,2-3,7-8H2,1H3,(H,17,18). The number of benzene rings is 1. The lowest BCUT2D eigenvalue weighted by Crippen LogP contribution is -2.32. The molecule has 0 heterocycles. The van der Waals surface area contributed by atoms with Crippen molar-refractivity contribution in [3.63, 3.8) is 0 Å². The smallest absolute Gasteiger partial charge is 0.307 e. The summed E-state index contributed by atoms with van der Waals surface area (Å²) in [5, 5.41) is 9.23. The van der Waals surface area contributed by atoms with Gasteiger partial charge in [0.1, 0.15) is 5.75 Å². The van der Waals surface area contributed by atoms with Crippen LogP contribution in [0.3, 0.4) is 0 Å². The van der Waals surface area contributed by atoms with E-state index in [0.717, 1.165) is 12.8 Å². The van der Waals surface area contributed by atoms with Crippen LogP contribution in [-0.4, -0.2) is 24.0 Å². The predicted molar refractivity (Wildman–Crippen MR) is 70.4 cm³/mol. The largest absolute Gasteiger partial charge is 0.497 e. The molecule has 2 rings (SSSR count). The van der Waals surface area contributed by atoms with Crippen LogP contribution in [0.25, 0.3) is 0 Å². The fourth-order valence-corrected chi connectivity index (χ4v) is 2.73. The first-order valence-electron chi connectivity index (χ1n) is 6.54. The third-order valence-electron chi connectivity index (χ3n) is 3.77. The molecule has 1 N–H and O–H groups in total. The highest BCUT2D eigenvalue weighted by atomic mass is 16.5. The molecule has 102 valence electrons. The number of carboxylic acids is 1. The van der Waals surface area contributed by atoms with Crippen molar-refractivity contribution in [2.24, 2.45) is 11.8 Å². The molecule has 1 aliphatic rings. The molecule has 1 fully saturated rings. The Morgan fingerprint density at radius 3 is 2.53 bits per heavy atom. The number of aliphatic carboxylic acids is 1. The van der Waals surface area contributed by atoms with Crippen LogP contribution in [0.4, 0.5) is 0 Å². The van der Waals surface area contributed by atoms with Gasteiger partial charge in [-0.15, -0.1) is 0 Å². The Bertz CT molecular complexity index is 481. The molecule has 0 bridgehead atoms. The van der Waals surface area contributed by atoms with Crippen LogP contribution in [0.1, 0.15) is 36.0 Å². The van der Waals surface area contributed by atoms with Crippen LogP contribution in [0, 0.1) is 11.8 Å². The van der Waals surface area contributed by atoms with Crippen molar-refractivity contribution in [3.8, 4) is 5.75 Å². The van der Waals surface area contributed by atoms with Gasteiger partial charge >= 0.3 is 5.97 Å². The molecule has 1 aromatic carbocycles. The van der Waals surface area contributed by atoms with Gasteiger partial charge in [0.05, 0.1) is 13.0 Å². The summed E-state index contributed by atoms with van der Waals surface area (Å²) >= 11 is 0. The Morgan fingerprint density at radius 1 is 1.21 bits per heavy atom. The van der Waals surface area contributed by atoms with Crippen LogP contribution in [0.15, 0.2) is 24.3 Å². The van der Waals surface area contributed by atoms with Crippen LogP contribution < -0.4 is 4.74 Å². The number of ether oxygens (including phenoxy) is 1. The number of ketones is 1. The summed E-state index contributed by atoms with van der Waals surface area (Å²) in [6, 6.07) is 6.92. The summed E-state index contributed by atoms with van der Waals surface area (Å²) < 4.78 is 5.10. The highest BCUT2D eigenvalue weighted by molar-refractivity contribution is 6.00. The monoisotopic (exact) mass is 262 g/mol. The molecule has 4 nitrogen and oxygen atoms in total. The minimum Gasteiger partial charge on any atom is -0.497 e.